The summed E-state index contributed by atoms with van der Waals surface area (Å²) in [6, 6.07) is 1.50. The second kappa shape index (κ2) is 6.19. The van der Waals surface area contributed by atoms with Gasteiger partial charge in [0.15, 0.2) is 11.5 Å². The highest BCUT2D eigenvalue weighted by Crippen LogP contribution is 2.13. The number of carbonyl (C=O) groups is 1. The number of methoxy groups -OCH3 is 1. The minimum absolute atomic E-state index is 0.0352. The lowest BCUT2D eigenvalue weighted by atomic mass is 9.92. The summed E-state index contributed by atoms with van der Waals surface area (Å²) < 4.78 is 9.76. The summed E-state index contributed by atoms with van der Waals surface area (Å²) in [5.41, 5.74) is 5.01. The SMILES string of the molecule is COCc1cc(C(=O)NCC(C)(C)C(N)=NO)no1. The van der Waals surface area contributed by atoms with E-state index in [9.17, 15) is 4.79 Å². The van der Waals surface area contributed by atoms with Crippen molar-refractivity contribution < 1.29 is 19.3 Å². The Hall–Kier alpha value is -2.09. The molecule has 0 saturated carbocycles. The first-order valence-corrected chi connectivity index (χ1v) is 5.61. The number of amidine groups is 1. The van der Waals surface area contributed by atoms with Gasteiger partial charge in [-0.25, -0.2) is 0 Å². The van der Waals surface area contributed by atoms with Gasteiger partial charge in [-0.1, -0.05) is 24.2 Å². The third kappa shape index (κ3) is 3.95. The summed E-state index contributed by atoms with van der Waals surface area (Å²) in [7, 11) is 1.52. The molecular formula is C11H18N4O4. The highest BCUT2D eigenvalue weighted by Gasteiger charge is 2.25. The molecule has 0 aliphatic rings. The van der Waals surface area contributed by atoms with E-state index in [4.69, 9.17) is 20.2 Å². The number of oxime groups is 1. The highest BCUT2D eigenvalue weighted by atomic mass is 16.5. The molecular weight excluding hydrogens is 252 g/mol. The second-order valence-corrected chi connectivity index (χ2v) is 4.66. The molecule has 8 heteroatoms. The van der Waals surface area contributed by atoms with Crippen LogP contribution in [0.2, 0.25) is 0 Å². The number of nitrogens with two attached hydrogens (primary N) is 1. The number of rotatable bonds is 6. The first kappa shape index (κ1) is 15.0. The van der Waals surface area contributed by atoms with E-state index in [0.717, 1.165) is 0 Å². The normalized spacial score (nSPS) is 12.5. The molecule has 1 heterocycles. The fourth-order valence-corrected chi connectivity index (χ4v) is 1.25. The van der Waals surface area contributed by atoms with E-state index in [-0.39, 0.29) is 24.7 Å². The molecule has 1 aromatic rings. The van der Waals surface area contributed by atoms with Gasteiger partial charge in [-0.3, -0.25) is 4.79 Å². The molecule has 106 valence electrons. The number of hydrogen-bond acceptors (Lipinski definition) is 6. The summed E-state index contributed by atoms with van der Waals surface area (Å²) in [6.45, 7) is 3.92. The van der Waals surface area contributed by atoms with Gasteiger partial charge in [-0.2, -0.15) is 0 Å². The third-order valence-corrected chi connectivity index (χ3v) is 2.57. The molecule has 0 saturated heterocycles. The Morgan fingerprint density at radius 2 is 2.37 bits per heavy atom. The number of aromatic nitrogens is 1. The molecule has 1 amide bonds. The third-order valence-electron chi connectivity index (χ3n) is 2.57. The summed E-state index contributed by atoms with van der Waals surface area (Å²) in [5, 5.41) is 17.8. The van der Waals surface area contributed by atoms with Crippen LogP contribution in [0.15, 0.2) is 15.7 Å². The molecule has 0 unspecified atom stereocenters. The lowest BCUT2D eigenvalue weighted by molar-refractivity contribution is 0.0934. The van der Waals surface area contributed by atoms with Crippen LogP contribution in [0.25, 0.3) is 0 Å². The van der Waals surface area contributed by atoms with Crippen molar-refractivity contribution in [3.63, 3.8) is 0 Å². The van der Waals surface area contributed by atoms with Gasteiger partial charge in [0.2, 0.25) is 0 Å². The zero-order valence-corrected chi connectivity index (χ0v) is 11.1. The van der Waals surface area contributed by atoms with Crippen molar-refractivity contribution in [2.45, 2.75) is 20.5 Å². The van der Waals surface area contributed by atoms with Gasteiger partial charge >= 0.3 is 0 Å². The Morgan fingerprint density at radius 1 is 1.68 bits per heavy atom. The molecule has 0 fully saturated rings. The molecule has 0 atom stereocenters. The lowest BCUT2D eigenvalue weighted by Crippen LogP contribution is -2.42. The van der Waals surface area contributed by atoms with Gasteiger partial charge in [0.1, 0.15) is 12.4 Å². The van der Waals surface area contributed by atoms with Crippen molar-refractivity contribution in [3.05, 3.63) is 17.5 Å². The van der Waals surface area contributed by atoms with Crippen LogP contribution in [0.5, 0.6) is 0 Å². The van der Waals surface area contributed by atoms with Crippen molar-refractivity contribution in [1.82, 2.24) is 10.5 Å². The van der Waals surface area contributed by atoms with Crippen LogP contribution in [0, 0.1) is 5.41 Å². The lowest BCUT2D eigenvalue weighted by Gasteiger charge is -2.22. The van der Waals surface area contributed by atoms with Crippen LogP contribution in [0.4, 0.5) is 0 Å². The van der Waals surface area contributed by atoms with Crippen LogP contribution in [0.1, 0.15) is 30.1 Å². The maximum atomic E-state index is 11.8. The van der Waals surface area contributed by atoms with Gasteiger partial charge in [-0.05, 0) is 0 Å². The van der Waals surface area contributed by atoms with Crippen LogP contribution in [-0.2, 0) is 11.3 Å². The molecule has 8 nitrogen and oxygen atoms in total. The van der Waals surface area contributed by atoms with E-state index in [1.165, 1.54) is 13.2 Å². The van der Waals surface area contributed by atoms with E-state index >= 15 is 0 Å². The quantitative estimate of drug-likeness (QED) is 0.296. The predicted octanol–water partition coefficient (Wildman–Crippen LogP) is 0.323. The molecule has 1 rings (SSSR count). The monoisotopic (exact) mass is 270 g/mol. The van der Waals surface area contributed by atoms with E-state index in [2.05, 4.69) is 15.6 Å². The van der Waals surface area contributed by atoms with Crippen LogP contribution in [0.3, 0.4) is 0 Å². The average molecular weight is 270 g/mol. The number of nitrogens with one attached hydrogen (secondary N) is 1. The molecule has 0 aromatic carbocycles. The smallest absolute Gasteiger partial charge is 0.273 e. The molecule has 1 aromatic heterocycles. The zero-order valence-electron chi connectivity index (χ0n) is 11.1. The first-order chi connectivity index (χ1) is 8.90. The minimum Gasteiger partial charge on any atom is -0.409 e. The van der Waals surface area contributed by atoms with Crippen LogP contribution in [-0.4, -0.2) is 35.8 Å². The second-order valence-electron chi connectivity index (χ2n) is 4.66. The number of nitrogens with zero attached hydrogens (tertiary/aromatic N) is 2. The van der Waals surface area contributed by atoms with Crippen molar-refractivity contribution in [3.8, 4) is 0 Å². The van der Waals surface area contributed by atoms with Crippen molar-refractivity contribution >= 4 is 11.7 Å². The maximum Gasteiger partial charge on any atom is 0.273 e. The summed E-state index contributed by atoms with van der Waals surface area (Å²) in [4.78, 5) is 11.8. The molecule has 19 heavy (non-hydrogen) atoms. The Labute approximate surface area is 110 Å². The first-order valence-electron chi connectivity index (χ1n) is 5.61. The molecule has 0 radical (unpaired) electrons. The zero-order chi connectivity index (χ0) is 14.5. The van der Waals surface area contributed by atoms with Crippen molar-refractivity contribution in [1.29, 1.82) is 0 Å². The molecule has 0 bridgehead atoms. The Morgan fingerprint density at radius 3 is 2.95 bits per heavy atom. The van der Waals surface area contributed by atoms with E-state index in [1.807, 2.05) is 0 Å². The molecule has 0 spiro atoms. The maximum absolute atomic E-state index is 11.8. The summed E-state index contributed by atoms with van der Waals surface area (Å²) in [5.74, 6) is 0.0984. The Bertz CT molecular complexity index is 467. The van der Waals surface area contributed by atoms with Gasteiger partial charge in [0.25, 0.3) is 5.91 Å². The summed E-state index contributed by atoms with van der Waals surface area (Å²) in [6.07, 6.45) is 0. The average Bonchev–Trinajstić information content (AvgIpc) is 2.84. The number of amides is 1. The molecule has 4 N–H and O–H groups in total. The van der Waals surface area contributed by atoms with E-state index < -0.39 is 11.3 Å². The fourth-order valence-electron chi connectivity index (χ4n) is 1.25. The molecule has 0 aliphatic carbocycles. The predicted molar refractivity (Wildman–Crippen MR) is 66.7 cm³/mol. The highest BCUT2D eigenvalue weighted by molar-refractivity contribution is 5.93. The van der Waals surface area contributed by atoms with Gasteiger partial charge in [-0.15, -0.1) is 0 Å². The Kier molecular flexibility index (Phi) is 4.87. The van der Waals surface area contributed by atoms with Crippen LogP contribution < -0.4 is 11.1 Å². The van der Waals surface area contributed by atoms with Gasteiger partial charge in [0.05, 0.1) is 0 Å². The van der Waals surface area contributed by atoms with Crippen molar-refractivity contribution in [2.75, 3.05) is 13.7 Å². The topological polar surface area (TPSA) is 123 Å². The largest absolute Gasteiger partial charge is 0.409 e. The van der Waals surface area contributed by atoms with Gasteiger partial charge in [0, 0.05) is 25.1 Å². The minimum atomic E-state index is -0.663. The standard InChI is InChI=1S/C11H18N4O4/c1-11(2,10(12)14-17)6-13-9(16)8-4-7(5-18-3)19-15-8/h4,17H,5-6H2,1-3H3,(H2,12,14)(H,13,16). The number of hydrogen-bond donors (Lipinski definition) is 3. The number of carbonyl (C=O) groups excluding carboxylic acids is 1. The van der Waals surface area contributed by atoms with Crippen LogP contribution >= 0.6 is 0 Å². The Balaban J connectivity index is 2.60. The van der Waals surface area contributed by atoms with Crippen molar-refractivity contribution in [2.24, 2.45) is 16.3 Å². The summed E-state index contributed by atoms with van der Waals surface area (Å²) >= 11 is 0. The van der Waals surface area contributed by atoms with Gasteiger partial charge < -0.3 is 25.5 Å². The fraction of sp³-hybridized carbons (Fsp3) is 0.545. The molecule has 0 aliphatic heterocycles. The number of ether oxygens (including phenoxy) is 1. The van der Waals surface area contributed by atoms with E-state index in [0.29, 0.717) is 5.76 Å². The van der Waals surface area contributed by atoms with E-state index in [1.54, 1.807) is 13.8 Å².